The van der Waals surface area contributed by atoms with Gasteiger partial charge in [0.1, 0.15) is 0 Å². The lowest BCUT2D eigenvalue weighted by molar-refractivity contribution is -0.137. The highest BCUT2D eigenvalue weighted by molar-refractivity contribution is 6.30. The third-order valence-corrected chi connectivity index (χ3v) is 3.76. The second-order valence-electron chi connectivity index (χ2n) is 5.38. The summed E-state index contributed by atoms with van der Waals surface area (Å²) < 4.78 is 38.1. The van der Waals surface area contributed by atoms with Crippen molar-refractivity contribution in [3.63, 3.8) is 0 Å². The van der Waals surface area contributed by atoms with Crippen LogP contribution in [0.15, 0.2) is 18.2 Å². The number of halogens is 4. The maximum absolute atomic E-state index is 12.7. The van der Waals surface area contributed by atoms with Gasteiger partial charge >= 0.3 is 6.18 Å². The lowest BCUT2D eigenvalue weighted by Crippen LogP contribution is -2.35. The van der Waals surface area contributed by atoms with E-state index < -0.39 is 11.7 Å². The first kappa shape index (κ1) is 15.4. The number of likely N-dealkylation sites (tertiary alicyclic amines) is 1. The van der Waals surface area contributed by atoms with Crippen LogP contribution in [0.2, 0.25) is 5.02 Å². The summed E-state index contributed by atoms with van der Waals surface area (Å²) in [7, 11) is 2.06. The van der Waals surface area contributed by atoms with Gasteiger partial charge < -0.3 is 10.2 Å². The molecule has 1 aromatic carbocycles. The molecule has 0 amide bonds. The molecule has 1 unspecified atom stereocenters. The van der Waals surface area contributed by atoms with E-state index in [1.165, 1.54) is 6.07 Å². The van der Waals surface area contributed by atoms with Crippen molar-refractivity contribution in [2.45, 2.75) is 19.0 Å². The van der Waals surface area contributed by atoms with Crippen LogP contribution in [0.3, 0.4) is 0 Å². The van der Waals surface area contributed by atoms with E-state index in [9.17, 15) is 13.2 Å². The van der Waals surface area contributed by atoms with Crippen LogP contribution in [-0.2, 0) is 6.18 Å². The molecule has 1 fully saturated rings. The molecule has 6 heteroatoms. The third-order valence-electron chi connectivity index (χ3n) is 3.54. The molecule has 0 aromatic heterocycles. The summed E-state index contributed by atoms with van der Waals surface area (Å²) in [6.07, 6.45) is -2.14. The average Bonchev–Trinajstić information content (AvgIpc) is 2.35. The summed E-state index contributed by atoms with van der Waals surface area (Å²) in [4.78, 5) is 2.25. The first-order valence-electron chi connectivity index (χ1n) is 6.65. The van der Waals surface area contributed by atoms with E-state index in [1.54, 1.807) is 0 Å². The maximum Gasteiger partial charge on any atom is 0.416 e. The fourth-order valence-electron chi connectivity index (χ4n) is 2.56. The molecule has 0 saturated carbocycles. The summed E-state index contributed by atoms with van der Waals surface area (Å²) in [5.41, 5.74) is -0.286. The van der Waals surface area contributed by atoms with Crippen molar-refractivity contribution in [2.24, 2.45) is 5.92 Å². The monoisotopic (exact) mass is 306 g/mol. The summed E-state index contributed by atoms with van der Waals surface area (Å²) in [5, 5.41) is 3.18. The van der Waals surface area contributed by atoms with Crippen LogP contribution in [0.5, 0.6) is 0 Å². The van der Waals surface area contributed by atoms with Gasteiger partial charge in [-0.1, -0.05) is 11.6 Å². The molecule has 20 heavy (non-hydrogen) atoms. The summed E-state index contributed by atoms with van der Waals surface area (Å²) in [6, 6.07) is 3.59. The van der Waals surface area contributed by atoms with Crippen molar-refractivity contribution < 1.29 is 13.2 Å². The molecule has 0 bridgehead atoms. The molecule has 1 N–H and O–H groups in total. The zero-order valence-electron chi connectivity index (χ0n) is 11.3. The molecule has 1 aliphatic rings. The number of hydrogen-bond acceptors (Lipinski definition) is 2. The SMILES string of the molecule is CN1CCCC(CNc2cc(Cl)cc(C(F)(F)F)c2)C1. The summed E-state index contributed by atoms with van der Waals surface area (Å²) in [6.45, 7) is 2.73. The first-order valence-corrected chi connectivity index (χ1v) is 7.02. The molecular weight excluding hydrogens is 289 g/mol. The van der Waals surface area contributed by atoms with Crippen molar-refractivity contribution in [3.8, 4) is 0 Å². The van der Waals surface area contributed by atoms with Gasteiger partial charge in [0.05, 0.1) is 5.56 Å². The molecule has 112 valence electrons. The van der Waals surface area contributed by atoms with Crippen molar-refractivity contribution >= 4 is 17.3 Å². The van der Waals surface area contributed by atoms with E-state index in [0.29, 0.717) is 18.2 Å². The topological polar surface area (TPSA) is 15.3 Å². The average molecular weight is 307 g/mol. The quantitative estimate of drug-likeness (QED) is 0.904. The zero-order chi connectivity index (χ0) is 14.8. The zero-order valence-corrected chi connectivity index (χ0v) is 12.1. The Labute approximate surface area is 121 Å². The van der Waals surface area contributed by atoms with Crippen molar-refractivity contribution in [1.82, 2.24) is 4.90 Å². The number of nitrogens with zero attached hydrogens (tertiary/aromatic N) is 1. The molecule has 0 radical (unpaired) electrons. The highest BCUT2D eigenvalue weighted by Crippen LogP contribution is 2.33. The van der Waals surface area contributed by atoms with Crippen LogP contribution in [0.25, 0.3) is 0 Å². The van der Waals surface area contributed by atoms with Crippen LogP contribution in [-0.4, -0.2) is 31.6 Å². The van der Waals surface area contributed by atoms with Gasteiger partial charge in [0.25, 0.3) is 0 Å². The normalized spacial score (nSPS) is 20.9. The number of piperidine rings is 1. The minimum atomic E-state index is -4.37. The number of nitrogens with one attached hydrogen (secondary N) is 1. The second-order valence-corrected chi connectivity index (χ2v) is 5.81. The highest BCUT2D eigenvalue weighted by Gasteiger charge is 2.31. The number of benzene rings is 1. The van der Waals surface area contributed by atoms with Crippen LogP contribution < -0.4 is 5.32 Å². The number of rotatable bonds is 3. The van der Waals surface area contributed by atoms with E-state index >= 15 is 0 Å². The fourth-order valence-corrected chi connectivity index (χ4v) is 2.79. The minimum absolute atomic E-state index is 0.100. The smallest absolute Gasteiger partial charge is 0.385 e. The van der Waals surface area contributed by atoms with Crippen LogP contribution >= 0.6 is 11.6 Å². The van der Waals surface area contributed by atoms with E-state index in [1.807, 2.05) is 0 Å². The Morgan fingerprint density at radius 3 is 2.75 bits per heavy atom. The molecule has 2 rings (SSSR count). The fraction of sp³-hybridized carbons (Fsp3) is 0.571. The first-order chi connectivity index (χ1) is 9.34. The lowest BCUT2D eigenvalue weighted by atomic mass is 9.98. The van der Waals surface area contributed by atoms with Gasteiger partial charge in [-0.25, -0.2) is 0 Å². The molecule has 1 heterocycles. The molecule has 1 aliphatic heterocycles. The molecule has 0 aliphatic carbocycles. The standard InChI is InChI=1S/C14H18ClF3N2/c1-20-4-2-3-10(9-20)8-19-13-6-11(14(16,17)18)5-12(15)7-13/h5-7,10,19H,2-4,8-9H2,1H3. The lowest BCUT2D eigenvalue weighted by Gasteiger charge is -2.30. The number of alkyl halides is 3. The van der Waals surface area contributed by atoms with Crippen LogP contribution in [0, 0.1) is 5.92 Å². The van der Waals surface area contributed by atoms with Gasteiger partial charge in [0, 0.05) is 23.8 Å². The van der Waals surface area contributed by atoms with Gasteiger partial charge in [-0.3, -0.25) is 0 Å². The van der Waals surface area contributed by atoms with Gasteiger partial charge in [-0.15, -0.1) is 0 Å². The Balaban J connectivity index is 2.00. The van der Waals surface area contributed by atoms with Crippen LogP contribution in [0.1, 0.15) is 18.4 Å². The molecular formula is C14H18ClF3N2. The van der Waals surface area contributed by atoms with E-state index in [4.69, 9.17) is 11.6 Å². The Bertz CT molecular complexity index is 462. The molecule has 1 aromatic rings. The minimum Gasteiger partial charge on any atom is -0.385 e. The van der Waals surface area contributed by atoms with Crippen molar-refractivity contribution in [3.05, 3.63) is 28.8 Å². The third kappa shape index (κ3) is 4.28. The molecule has 2 nitrogen and oxygen atoms in total. The Hall–Kier alpha value is -0.940. The predicted octanol–water partition coefficient (Wildman–Crippen LogP) is 4.11. The van der Waals surface area contributed by atoms with E-state index in [0.717, 1.165) is 38.1 Å². The summed E-state index contributed by atoms with van der Waals surface area (Å²) >= 11 is 5.75. The van der Waals surface area contributed by atoms with Gasteiger partial charge in [0.2, 0.25) is 0 Å². The maximum atomic E-state index is 12.7. The van der Waals surface area contributed by atoms with Crippen LogP contribution in [0.4, 0.5) is 18.9 Å². The predicted molar refractivity (Wildman–Crippen MR) is 75.2 cm³/mol. The largest absolute Gasteiger partial charge is 0.416 e. The van der Waals surface area contributed by atoms with Gasteiger partial charge in [-0.2, -0.15) is 13.2 Å². The second kappa shape index (κ2) is 6.22. The molecule has 1 saturated heterocycles. The Morgan fingerprint density at radius 1 is 1.35 bits per heavy atom. The molecule has 0 spiro atoms. The molecule has 1 atom stereocenters. The Kier molecular flexibility index (Phi) is 4.81. The van der Waals surface area contributed by atoms with Crippen molar-refractivity contribution in [1.29, 1.82) is 0 Å². The number of hydrogen-bond donors (Lipinski definition) is 1. The summed E-state index contributed by atoms with van der Waals surface area (Å²) in [5.74, 6) is 0.460. The Morgan fingerprint density at radius 2 is 2.10 bits per heavy atom. The highest BCUT2D eigenvalue weighted by atomic mass is 35.5. The van der Waals surface area contributed by atoms with Gasteiger partial charge in [-0.05, 0) is 50.6 Å². The van der Waals surface area contributed by atoms with E-state index in [-0.39, 0.29) is 5.02 Å². The van der Waals surface area contributed by atoms with Gasteiger partial charge in [0.15, 0.2) is 0 Å². The number of anilines is 1. The van der Waals surface area contributed by atoms with E-state index in [2.05, 4.69) is 17.3 Å². The van der Waals surface area contributed by atoms with Crippen molar-refractivity contribution in [2.75, 3.05) is 32.0 Å².